The fourth-order valence-electron chi connectivity index (χ4n) is 3.99. The molecule has 0 bridgehead atoms. The van der Waals surface area contributed by atoms with E-state index in [2.05, 4.69) is 10.0 Å². The van der Waals surface area contributed by atoms with Crippen LogP contribution in [0.4, 0.5) is 15.8 Å². The largest absolute Gasteiger partial charge is 0.322 e. The lowest BCUT2D eigenvalue weighted by molar-refractivity contribution is 0.102. The third-order valence-electron chi connectivity index (χ3n) is 5.92. The molecule has 1 aliphatic heterocycles. The number of rotatable bonds is 7. The van der Waals surface area contributed by atoms with Gasteiger partial charge in [-0.25, -0.2) is 21.2 Å². The number of piperidine rings is 1. The van der Waals surface area contributed by atoms with Gasteiger partial charge in [0.15, 0.2) is 0 Å². The zero-order chi connectivity index (χ0) is 25.9. The summed E-state index contributed by atoms with van der Waals surface area (Å²) in [6.07, 6.45) is 2.60. The highest BCUT2D eigenvalue weighted by molar-refractivity contribution is 7.92. The lowest BCUT2D eigenvalue weighted by Crippen LogP contribution is -2.36. The van der Waals surface area contributed by atoms with Crippen LogP contribution in [-0.4, -0.2) is 40.1 Å². The van der Waals surface area contributed by atoms with Crippen molar-refractivity contribution in [1.82, 2.24) is 4.31 Å². The maximum atomic E-state index is 13.2. The lowest BCUT2D eigenvalue weighted by Gasteiger charge is -2.26. The number of carbonyl (C=O) groups is 1. The molecule has 2 N–H and O–H groups in total. The maximum Gasteiger partial charge on any atom is 0.261 e. The van der Waals surface area contributed by atoms with Gasteiger partial charge >= 0.3 is 0 Å². The van der Waals surface area contributed by atoms with Gasteiger partial charge in [-0.15, -0.1) is 0 Å². The van der Waals surface area contributed by atoms with Crippen molar-refractivity contribution < 1.29 is 26.0 Å². The number of nitrogens with zero attached hydrogens (tertiary/aromatic N) is 1. The fraction of sp³-hybridized carbons (Fsp3) is 0.240. The standard InChI is InChI=1S/C25H26FN3O5S2/c1-18-9-12-20(17-24(18)36(33,34)29-15-5-2-6-16-29)27-25(30)22-7-3-4-8-23(22)28-35(31,32)21-13-10-19(26)11-14-21/h3-4,7-14,17,28H,2,5-6,15-16H2,1H3,(H,27,30). The van der Waals surface area contributed by atoms with E-state index in [9.17, 15) is 26.0 Å². The minimum Gasteiger partial charge on any atom is -0.322 e. The molecule has 0 spiro atoms. The lowest BCUT2D eigenvalue weighted by atomic mass is 10.1. The summed E-state index contributed by atoms with van der Waals surface area (Å²) in [6, 6.07) is 14.9. The Balaban J connectivity index is 1.59. The number of halogens is 1. The van der Waals surface area contributed by atoms with Gasteiger partial charge in [0.25, 0.3) is 15.9 Å². The van der Waals surface area contributed by atoms with Gasteiger partial charge in [0.2, 0.25) is 10.0 Å². The first kappa shape index (κ1) is 25.8. The third kappa shape index (κ3) is 5.58. The molecule has 0 aliphatic carbocycles. The normalized spacial score (nSPS) is 14.8. The number of hydrogen-bond donors (Lipinski definition) is 2. The Morgan fingerprint density at radius 3 is 2.25 bits per heavy atom. The average Bonchev–Trinajstić information content (AvgIpc) is 2.86. The first-order valence-corrected chi connectivity index (χ1v) is 14.3. The van der Waals surface area contributed by atoms with Gasteiger partial charge in [-0.3, -0.25) is 9.52 Å². The average molecular weight is 532 g/mol. The molecule has 1 aliphatic rings. The highest BCUT2D eigenvalue weighted by atomic mass is 32.2. The van der Waals surface area contributed by atoms with E-state index in [1.165, 1.54) is 22.5 Å². The Morgan fingerprint density at radius 1 is 0.889 bits per heavy atom. The van der Waals surface area contributed by atoms with Crippen LogP contribution in [0.1, 0.15) is 35.2 Å². The number of sulfonamides is 2. The van der Waals surface area contributed by atoms with Gasteiger partial charge < -0.3 is 5.32 Å². The van der Waals surface area contributed by atoms with Crippen LogP contribution in [0.25, 0.3) is 0 Å². The number of anilines is 2. The molecule has 190 valence electrons. The summed E-state index contributed by atoms with van der Waals surface area (Å²) in [4.78, 5) is 13.1. The molecule has 36 heavy (non-hydrogen) atoms. The van der Waals surface area contributed by atoms with Crippen molar-refractivity contribution in [2.75, 3.05) is 23.1 Å². The van der Waals surface area contributed by atoms with Gasteiger partial charge in [0, 0.05) is 18.8 Å². The van der Waals surface area contributed by atoms with Crippen molar-refractivity contribution in [3.63, 3.8) is 0 Å². The van der Waals surface area contributed by atoms with Gasteiger partial charge in [-0.05, 0) is 73.9 Å². The van der Waals surface area contributed by atoms with Crippen LogP contribution < -0.4 is 10.0 Å². The molecular weight excluding hydrogens is 505 g/mol. The second-order valence-corrected chi connectivity index (χ2v) is 12.1. The number of para-hydroxylation sites is 1. The predicted octanol–water partition coefficient (Wildman–Crippen LogP) is 4.36. The Hall–Kier alpha value is -3.28. The molecule has 0 saturated carbocycles. The van der Waals surface area contributed by atoms with Crippen molar-refractivity contribution in [2.24, 2.45) is 0 Å². The molecule has 3 aromatic rings. The zero-order valence-electron chi connectivity index (χ0n) is 19.6. The van der Waals surface area contributed by atoms with Crippen LogP contribution >= 0.6 is 0 Å². The first-order chi connectivity index (χ1) is 17.1. The zero-order valence-corrected chi connectivity index (χ0v) is 21.2. The van der Waals surface area contributed by atoms with Crippen LogP contribution in [0.2, 0.25) is 0 Å². The molecule has 1 saturated heterocycles. The quantitative estimate of drug-likeness (QED) is 0.470. The molecule has 11 heteroatoms. The summed E-state index contributed by atoms with van der Waals surface area (Å²) in [6.45, 7) is 2.61. The fourth-order valence-corrected chi connectivity index (χ4v) is 6.83. The molecule has 8 nitrogen and oxygen atoms in total. The summed E-state index contributed by atoms with van der Waals surface area (Å²) in [5, 5.41) is 2.67. The monoisotopic (exact) mass is 531 g/mol. The van der Waals surface area contributed by atoms with Crippen LogP contribution in [0, 0.1) is 12.7 Å². The highest BCUT2D eigenvalue weighted by Gasteiger charge is 2.28. The molecule has 0 unspecified atom stereocenters. The molecule has 1 fully saturated rings. The number of benzene rings is 3. The molecule has 1 amide bonds. The van der Waals surface area contributed by atoms with E-state index in [4.69, 9.17) is 0 Å². The van der Waals surface area contributed by atoms with E-state index in [0.717, 1.165) is 43.5 Å². The number of hydrogen-bond acceptors (Lipinski definition) is 5. The van der Waals surface area contributed by atoms with Crippen molar-refractivity contribution in [1.29, 1.82) is 0 Å². The predicted molar refractivity (Wildman–Crippen MR) is 135 cm³/mol. The van der Waals surface area contributed by atoms with Crippen LogP contribution in [0.15, 0.2) is 76.5 Å². The summed E-state index contributed by atoms with van der Waals surface area (Å²) in [5.74, 6) is -1.20. The minimum absolute atomic E-state index is 0.0209. The van der Waals surface area contributed by atoms with Crippen molar-refractivity contribution in [3.8, 4) is 0 Å². The Morgan fingerprint density at radius 2 is 1.56 bits per heavy atom. The summed E-state index contributed by atoms with van der Waals surface area (Å²) >= 11 is 0. The van der Waals surface area contributed by atoms with E-state index < -0.39 is 31.8 Å². The first-order valence-electron chi connectivity index (χ1n) is 11.4. The van der Waals surface area contributed by atoms with Gasteiger partial charge in [0.05, 0.1) is 21.0 Å². The number of amides is 1. The van der Waals surface area contributed by atoms with Crippen LogP contribution in [-0.2, 0) is 20.0 Å². The molecule has 1 heterocycles. The summed E-state index contributed by atoms with van der Waals surface area (Å²) in [5.41, 5.74) is 0.875. The minimum atomic E-state index is -4.08. The van der Waals surface area contributed by atoms with Crippen molar-refractivity contribution in [2.45, 2.75) is 36.0 Å². The Kier molecular flexibility index (Phi) is 7.43. The Bertz CT molecular complexity index is 1480. The smallest absolute Gasteiger partial charge is 0.261 e. The van der Waals surface area contributed by atoms with Gasteiger partial charge in [-0.1, -0.05) is 24.6 Å². The van der Waals surface area contributed by atoms with Crippen LogP contribution in [0.5, 0.6) is 0 Å². The third-order valence-corrected chi connectivity index (χ3v) is 9.34. The van der Waals surface area contributed by atoms with E-state index in [-0.39, 0.29) is 26.7 Å². The van der Waals surface area contributed by atoms with Gasteiger partial charge in [0.1, 0.15) is 5.82 Å². The number of carbonyl (C=O) groups excluding carboxylic acids is 1. The topological polar surface area (TPSA) is 113 Å². The SMILES string of the molecule is Cc1ccc(NC(=O)c2ccccc2NS(=O)(=O)c2ccc(F)cc2)cc1S(=O)(=O)N1CCCCC1. The van der Waals surface area contributed by atoms with Crippen molar-refractivity contribution in [3.05, 3.63) is 83.7 Å². The number of nitrogens with one attached hydrogen (secondary N) is 2. The number of aryl methyl sites for hydroxylation is 1. The molecular formula is C25H26FN3O5S2. The maximum absolute atomic E-state index is 13.2. The highest BCUT2D eigenvalue weighted by Crippen LogP contribution is 2.27. The van der Waals surface area contributed by atoms with E-state index in [0.29, 0.717) is 18.7 Å². The molecule has 0 atom stereocenters. The molecule has 4 rings (SSSR count). The molecule has 3 aromatic carbocycles. The van der Waals surface area contributed by atoms with Gasteiger partial charge in [-0.2, -0.15) is 4.31 Å². The second-order valence-electron chi connectivity index (χ2n) is 8.50. The van der Waals surface area contributed by atoms with E-state index >= 15 is 0 Å². The summed E-state index contributed by atoms with van der Waals surface area (Å²) in [7, 11) is -7.80. The van der Waals surface area contributed by atoms with Crippen LogP contribution in [0.3, 0.4) is 0 Å². The van der Waals surface area contributed by atoms with E-state index in [1.54, 1.807) is 31.2 Å². The summed E-state index contributed by atoms with van der Waals surface area (Å²) < 4.78 is 68.9. The molecule has 0 aromatic heterocycles. The molecule has 0 radical (unpaired) electrons. The Labute approximate surface area is 210 Å². The van der Waals surface area contributed by atoms with Crippen molar-refractivity contribution >= 4 is 37.3 Å². The van der Waals surface area contributed by atoms with E-state index in [1.807, 2.05) is 0 Å². The second kappa shape index (κ2) is 10.4.